The molecule has 2 aromatic heterocycles. The molecular formula is C26H28F3N5O. The minimum atomic E-state index is -4.56. The van der Waals surface area contributed by atoms with Crippen molar-refractivity contribution in [1.29, 1.82) is 0 Å². The number of allylic oxidation sites excluding steroid dienone is 1. The van der Waals surface area contributed by atoms with Crippen LogP contribution in [0, 0.1) is 13.8 Å². The predicted molar refractivity (Wildman–Crippen MR) is 128 cm³/mol. The lowest BCUT2D eigenvalue weighted by atomic mass is 9.91. The Labute approximate surface area is 202 Å². The van der Waals surface area contributed by atoms with Gasteiger partial charge in [-0.1, -0.05) is 29.4 Å². The minimum Gasteiger partial charge on any atom is -0.361 e. The zero-order chi connectivity index (χ0) is 25.0. The van der Waals surface area contributed by atoms with Crippen molar-refractivity contribution in [3.8, 4) is 11.1 Å². The van der Waals surface area contributed by atoms with Crippen molar-refractivity contribution in [1.82, 2.24) is 20.4 Å². The van der Waals surface area contributed by atoms with Gasteiger partial charge in [-0.3, -0.25) is 0 Å². The largest absolute Gasteiger partial charge is 0.419 e. The zero-order valence-corrected chi connectivity index (χ0v) is 20.2. The van der Waals surface area contributed by atoms with Crippen LogP contribution in [0.4, 0.5) is 19.1 Å². The first-order chi connectivity index (χ1) is 16.5. The molecule has 1 atom stereocenters. The number of benzene rings is 1. The van der Waals surface area contributed by atoms with Crippen LogP contribution in [0.5, 0.6) is 0 Å². The molecule has 2 aliphatic rings. The van der Waals surface area contributed by atoms with Gasteiger partial charge < -0.3 is 15.2 Å². The van der Waals surface area contributed by atoms with Crippen molar-refractivity contribution in [3.63, 3.8) is 0 Å². The number of nitrogens with one attached hydrogen (secondary N) is 2. The maximum Gasteiger partial charge on any atom is 0.419 e. The van der Waals surface area contributed by atoms with Crippen molar-refractivity contribution in [3.05, 3.63) is 64.3 Å². The molecule has 1 saturated heterocycles. The number of fused-ring (bicyclic) bond motifs is 1. The van der Waals surface area contributed by atoms with Crippen LogP contribution in [0.15, 0.2) is 35.0 Å². The van der Waals surface area contributed by atoms with Crippen LogP contribution in [-0.2, 0) is 12.6 Å². The fourth-order valence-electron chi connectivity index (χ4n) is 4.92. The molecule has 0 radical (unpaired) electrons. The van der Waals surface area contributed by atoms with Crippen LogP contribution >= 0.6 is 0 Å². The number of hydrogen-bond donors (Lipinski definition) is 2. The van der Waals surface area contributed by atoms with E-state index in [0.29, 0.717) is 24.3 Å². The summed E-state index contributed by atoms with van der Waals surface area (Å²) in [5.41, 5.74) is 3.91. The molecule has 1 aromatic carbocycles. The normalized spacial score (nSPS) is 19.4. The number of aryl methyl sites for hydroxylation is 2. The molecule has 0 spiro atoms. The molecule has 1 aliphatic heterocycles. The Bertz CT molecular complexity index is 1280. The van der Waals surface area contributed by atoms with Crippen LogP contribution in [0.2, 0.25) is 0 Å². The molecule has 9 heteroatoms. The minimum absolute atomic E-state index is 0.0468. The standard InChI is InChI=1S/C26H28F3N5O/c1-14-22(15(2)35-34-14)17-6-7-19-16(11-17)5-8-20(19)23-21(26(27,28)29)13-30-24(33-23)32-18-9-10-25(3,4)31-12-18/h6-8,11,13,18,31H,5,9-10,12H2,1-4H3,(H,30,32,33)/t18-/m0/s1. The van der Waals surface area contributed by atoms with Crippen LogP contribution < -0.4 is 10.6 Å². The van der Waals surface area contributed by atoms with E-state index in [2.05, 4.69) is 39.6 Å². The lowest BCUT2D eigenvalue weighted by molar-refractivity contribution is -0.138. The highest BCUT2D eigenvalue weighted by atomic mass is 19.4. The molecule has 3 aromatic rings. The highest BCUT2D eigenvalue weighted by molar-refractivity contribution is 5.86. The highest BCUT2D eigenvalue weighted by Crippen LogP contribution is 2.41. The fourth-order valence-corrected chi connectivity index (χ4v) is 4.92. The average Bonchev–Trinajstić information content (AvgIpc) is 3.36. The third kappa shape index (κ3) is 4.57. The second kappa shape index (κ2) is 8.48. The first kappa shape index (κ1) is 23.5. The maximum atomic E-state index is 13.9. The summed E-state index contributed by atoms with van der Waals surface area (Å²) < 4.78 is 47.1. The Hall–Kier alpha value is -3.20. The topological polar surface area (TPSA) is 75.9 Å². The van der Waals surface area contributed by atoms with Gasteiger partial charge in [0.2, 0.25) is 5.95 Å². The Morgan fingerprint density at radius 1 is 1.20 bits per heavy atom. The number of rotatable bonds is 4. The number of nitrogens with zero attached hydrogens (tertiary/aromatic N) is 3. The lowest BCUT2D eigenvalue weighted by Crippen LogP contribution is -2.50. The Kier molecular flexibility index (Phi) is 5.70. The smallest absolute Gasteiger partial charge is 0.361 e. The predicted octanol–water partition coefficient (Wildman–Crippen LogP) is 5.70. The van der Waals surface area contributed by atoms with Gasteiger partial charge in [0.25, 0.3) is 0 Å². The molecule has 1 aliphatic carbocycles. The number of aromatic nitrogens is 3. The third-order valence-corrected chi connectivity index (χ3v) is 6.87. The number of anilines is 1. The molecule has 5 rings (SSSR count). The second-order valence-electron chi connectivity index (χ2n) is 9.99. The molecule has 1 fully saturated rings. The van der Waals surface area contributed by atoms with Crippen molar-refractivity contribution < 1.29 is 17.7 Å². The first-order valence-electron chi connectivity index (χ1n) is 11.7. The summed E-state index contributed by atoms with van der Waals surface area (Å²) in [5.74, 6) is 0.918. The number of alkyl halides is 3. The summed E-state index contributed by atoms with van der Waals surface area (Å²) in [4.78, 5) is 8.40. The maximum absolute atomic E-state index is 13.9. The van der Waals surface area contributed by atoms with Gasteiger partial charge in [-0.15, -0.1) is 0 Å². The van der Waals surface area contributed by atoms with Gasteiger partial charge in [0, 0.05) is 35.5 Å². The molecule has 6 nitrogen and oxygen atoms in total. The molecule has 35 heavy (non-hydrogen) atoms. The van der Waals surface area contributed by atoms with Crippen molar-refractivity contribution in [2.45, 2.75) is 64.7 Å². The first-order valence-corrected chi connectivity index (χ1v) is 11.7. The van der Waals surface area contributed by atoms with Crippen LogP contribution in [0.1, 0.15) is 60.5 Å². The van der Waals surface area contributed by atoms with E-state index in [0.717, 1.165) is 47.0 Å². The van der Waals surface area contributed by atoms with Crippen LogP contribution in [0.25, 0.3) is 16.7 Å². The zero-order valence-electron chi connectivity index (χ0n) is 20.2. The summed E-state index contributed by atoms with van der Waals surface area (Å²) >= 11 is 0. The summed E-state index contributed by atoms with van der Waals surface area (Å²) in [6.07, 6.45) is 0.494. The molecule has 0 unspecified atom stereocenters. The summed E-state index contributed by atoms with van der Waals surface area (Å²) in [6, 6.07) is 5.80. The van der Waals surface area contributed by atoms with Gasteiger partial charge in [0.1, 0.15) is 11.3 Å². The average molecular weight is 484 g/mol. The Balaban J connectivity index is 1.48. The van der Waals surface area contributed by atoms with E-state index >= 15 is 0 Å². The van der Waals surface area contributed by atoms with E-state index in [-0.39, 0.29) is 23.2 Å². The van der Waals surface area contributed by atoms with E-state index in [9.17, 15) is 13.2 Å². The fraction of sp³-hybridized carbons (Fsp3) is 0.423. The van der Waals surface area contributed by atoms with Gasteiger partial charge in [-0.25, -0.2) is 9.97 Å². The molecule has 3 heterocycles. The van der Waals surface area contributed by atoms with Gasteiger partial charge in [0.15, 0.2) is 0 Å². The monoisotopic (exact) mass is 483 g/mol. The molecule has 0 amide bonds. The molecule has 2 N–H and O–H groups in total. The lowest BCUT2D eigenvalue weighted by Gasteiger charge is -2.36. The van der Waals surface area contributed by atoms with Gasteiger partial charge in [0.05, 0.1) is 11.4 Å². The quantitative estimate of drug-likeness (QED) is 0.496. The SMILES string of the molecule is Cc1noc(C)c1-c1ccc2c(c1)CC=C2c1nc(N[C@H]2CCC(C)(C)NC2)ncc1C(F)(F)F. The second-order valence-corrected chi connectivity index (χ2v) is 9.99. The van der Waals surface area contributed by atoms with E-state index in [1.807, 2.05) is 38.1 Å². The van der Waals surface area contributed by atoms with Crippen molar-refractivity contribution in [2.24, 2.45) is 0 Å². The molecular weight excluding hydrogens is 455 g/mol. The number of piperidine rings is 1. The molecule has 0 bridgehead atoms. The van der Waals surface area contributed by atoms with Gasteiger partial charge >= 0.3 is 6.18 Å². The van der Waals surface area contributed by atoms with E-state index in [1.54, 1.807) is 0 Å². The van der Waals surface area contributed by atoms with Gasteiger partial charge in [-0.2, -0.15) is 13.2 Å². The van der Waals surface area contributed by atoms with Crippen LogP contribution in [-0.4, -0.2) is 33.3 Å². The Morgan fingerprint density at radius 2 is 2.00 bits per heavy atom. The highest BCUT2D eigenvalue weighted by Gasteiger charge is 2.37. The van der Waals surface area contributed by atoms with E-state index < -0.39 is 11.7 Å². The summed E-state index contributed by atoms with van der Waals surface area (Å²) in [7, 11) is 0. The molecule has 184 valence electrons. The summed E-state index contributed by atoms with van der Waals surface area (Å²) in [6.45, 7) is 8.69. The van der Waals surface area contributed by atoms with Gasteiger partial charge in [-0.05, 0) is 63.6 Å². The summed E-state index contributed by atoms with van der Waals surface area (Å²) in [5, 5.41) is 10.7. The molecule has 0 saturated carbocycles. The van der Waals surface area contributed by atoms with Crippen LogP contribution in [0.3, 0.4) is 0 Å². The number of hydrogen-bond acceptors (Lipinski definition) is 6. The Morgan fingerprint density at radius 3 is 2.66 bits per heavy atom. The van der Waals surface area contributed by atoms with Crippen molar-refractivity contribution >= 4 is 11.5 Å². The number of halogens is 3. The van der Waals surface area contributed by atoms with E-state index in [4.69, 9.17) is 4.52 Å². The van der Waals surface area contributed by atoms with Crippen molar-refractivity contribution in [2.75, 3.05) is 11.9 Å². The third-order valence-electron chi connectivity index (χ3n) is 6.87. The van der Waals surface area contributed by atoms with E-state index in [1.165, 1.54) is 0 Å².